The first-order valence-corrected chi connectivity index (χ1v) is 10.9. The summed E-state index contributed by atoms with van der Waals surface area (Å²) in [4.78, 5) is 13.9. The van der Waals surface area contributed by atoms with Gasteiger partial charge in [-0.1, -0.05) is 24.3 Å². The van der Waals surface area contributed by atoms with Gasteiger partial charge in [0, 0.05) is 37.6 Å². The summed E-state index contributed by atoms with van der Waals surface area (Å²) in [6.07, 6.45) is 5.97. The molecular formula is C23H28N6O. The van der Waals surface area contributed by atoms with Gasteiger partial charge in [-0.15, -0.1) is 0 Å². The van der Waals surface area contributed by atoms with E-state index in [1.807, 2.05) is 6.07 Å². The maximum absolute atomic E-state index is 5.80. The van der Waals surface area contributed by atoms with Crippen molar-refractivity contribution in [3.8, 4) is 11.3 Å². The Bertz CT molecular complexity index is 981. The highest BCUT2D eigenvalue weighted by Gasteiger charge is 2.17. The molecule has 0 radical (unpaired) electrons. The molecular weight excluding hydrogens is 376 g/mol. The minimum atomic E-state index is 0.125. The van der Waals surface area contributed by atoms with Crippen LogP contribution in [0.5, 0.6) is 0 Å². The minimum Gasteiger partial charge on any atom is -0.374 e. The second-order valence-electron chi connectivity index (χ2n) is 8.00. The number of pyridine rings is 1. The van der Waals surface area contributed by atoms with Crippen LogP contribution in [0.4, 0.5) is 5.82 Å². The first-order chi connectivity index (χ1) is 14.9. The number of anilines is 1. The number of hydrogen-bond acceptors (Lipinski definition) is 7. The highest BCUT2D eigenvalue weighted by atomic mass is 16.5. The SMILES string of the molecule is c1cnc2c(NC[C@@H]3CNCCO3)nc(-c3ccc(C4CCNCC4)cc3)cc2n1. The molecule has 2 saturated heterocycles. The molecule has 3 aromatic rings. The van der Waals surface area contributed by atoms with Crippen LogP contribution >= 0.6 is 0 Å². The van der Waals surface area contributed by atoms with Crippen molar-refractivity contribution in [1.29, 1.82) is 0 Å². The van der Waals surface area contributed by atoms with Gasteiger partial charge in [0.25, 0.3) is 0 Å². The third-order valence-electron chi connectivity index (χ3n) is 5.98. The van der Waals surface area contributed by atoms with E-state index < -0.39 is 0 Å². The van der Waals surface area contributed by atoms with Gasteiger partial charge in [0.2, 0.25) is 0 Å². The Morgan fingerprint density at radius 3 is 2.63 bits per heavy atom. The number of nitrogens with one attached hydrogen (secondary N) is 3. The Morgan fingerprint density at radius 2 is 1.83 bits per heavy atom. The molecule has 2 aromatic heterocycles. The van der Waals surface area contributed by atoms with Gasteiger partial charge in [0.15, 0.2) is 5.82 Å². The van der Waals surface area contributed by atoms with Gasteiger partial charge < -0.3 is 20.7 Å². The maximum atomic E-state index is 5.80. The molecule has 0 amide bonds. The van der Waals surface area contributed by atoms with Crippen LogP contribution in [0.25, 0.3) is 22.3 Å². The molecule has 1 atom stereocenters. The molecule has 0 bridgehead atoms. The van der Waals surface area contributed by atoms with Gasteiger partial charge in [-0.25, -0.2) is 9.97 Å². The molecule has 30 heavy (non-hydrogen) atoms. The second kappa shape index (κ2) is 9.04. The summed E-state index contributed by atoms with van der Waals surface area (Å²) < 4.78 is 5.80. The summed E-state index contributed by atoms with van der Waals surface area (Å²) in [5, 5.41) is 10.2. The summed E-state index contributed by atoms with van der Waals surface area (Å²) >= 11 is 0. The zero-order valence-electron chi connectivity index (χ0n) is 17.1. The molecule has 4 heterocycles. The van der Waals surface area contributed by atoms with E-state index in [1.54, 1.807) is 12.4 Å². The van der Waals surface area contributed by atoms with Gasteiger partial charge in [0.1, 0.15) is 5.52 Å². The van der Waals surface area contributed by atoms with Crippen LogP contribution in [0.1, 0.15) is 24.3 Å². The van der Waals surface area contributed by atoms with E-state index in [2.05, 4.69) is 50.2 Å². The third kappa shape index (κ3) is 4.28. The molecule has 2 aliphatic rings. The normalized spacial score (nSPS) is 20.3. The van der Waals surface area contributed by atoms with Crippen LogP contribution in [0, 0.1) is 0 Å². The van der Waals surface area contributed by atoms with Crippen molar-refractivity contribution in [2.45, 2.75) is 24.9 Å². The molecule has 2 aliphatic heterocycles. The predicted octanol–water partition coefficient (Wildman–Crippen LogP) is 2.56. The number of benzene rings is 1. The van der Waals surface area contributed by atoms with Crippen molar-refractivity contribution in [3.05, 3.63) is 48.3 Å². The predicted molar refractivity (Wildman–Crippen MR) is 119 cm³/mol. The summed E-state index contributed by atoms with van der Waals surface area (Å²) in [5.41, 5.74) is 5.05. The number of nitrogens with zero attached hydrogens (tertiary/aromatic N) is 3. The zero-order chi connectivity index (χ0) is 20.2. The number of fused-ring (bicyclic) bond motifs is 1. The van der Waals surface area contributed by atoms with Crippen LogP contribution in [-0.2, 0) is 4.74 Å². The molecule has 7 heteroatoms. The lowest BCUT2D eigenvalue weighted by Crippen LogP contribution is -2.42. The summed E-state index contributed by atoms with van der Waals surface area (Å²) in [6.45, 7) is 5.38. The van der Waals surface area contributed by atoms with Crippen LogP contribution in [-0.4, -0.2) is 60.4 Å². The Kier molecular flexibility index (Phi) is 5.83. The monoisotopic (exact) mass is 404 g/mol. The lowest BCUT2D eigenvalue weighted by molar-refractivity contribution is 0.0372. The van der Waals surface area contributed by atoms with Crippen LogP contribution in [0.3, 0.4) is 0 Å². The van der Waals surface area contributed by atoms with E-state index in [4.69, 9.17) is 9.72 Å². The lowest BCUT2D eigenvalue weighted by Gasteiger charge is -2.24. The summed E-state index contributed by atoms with van der Waals surface area (Å²) in [5.74, 6) is 1.41. The number of aromatic nitrogens is 3. The van der Waals surface area contributed by atoms with Crippen molar-refractivity contribution in [2.75, 3.05) is 44.6 Å². The Labute approximate surface area is 176 Å². The Morgan fingerprint density at radius 1 is 1.00 bits per heavy atom. The topological polar surface area (TPSA) is 84.0 Å². The standard InChI is InChI=1S/C23H28N6O/c1-3-18(4-2-16(1)17-5-7-24-8-6-17)20-13-21-22(27-10-9-26-21)23(29-20)28-15-19-14-25-11-12-30-19/h1-4,9-10,13,17,19,24-25H,5-8,11-12,14-15H2,(H,28,29)/t19-/m0/s1. The molecule has 1 aromatic carbocycles. The molecule has 3 N–H and O–H groups in total. The number of piperidine rings is 1. The van der Waals surface area contributed by atoms with Gasteiger partial charge in [-0.3, -0.25) is 4.98 Å². The molecule has 7 nitrogen and oxygen atoms in total. The zero-order valence-corrected chi connectivity index (χ0v) is 17.1. The van der Waals surface area contributed by atoms with Crippen molar-refractivity contribution >= 4 is 16.9 Å². The fourth-order valence-corrected chi connectivity index (χ4v) is 4.29. The fourth-order valence-electron chi connectivity index (χ4n) is 4.29. The van der Waals surface area contributed by atoms with Crippen molar-refractivity contribution in [1.82, 2.24) is 25.6 Å². The van der Waals surface area contributed by atoms with Gasteiger partial charge in [-0.05, 0) is 43.5 Å². The van der Waals surface area contributed by atoms with Gasteiger partial charge in [0.05, 0.1) is 23.9 Å². The number of ether oxygens (including phenoxy) is 1. The fraction of sp³-hybridized carbons (Fsp3) is 0.435. The van der Waals surface area contributed by atoms with Crippen molar-refractivity contribution in [2.24, 2.45) is 0 Å². The molecule has 0 unspecified atom stereocenters. The van der Waals surface area contributed by atoms with Crippen LogP contribution in [0.15, 0.2) is 42.7 Å². The summed E-state index contributed by atoms with van der Waals surface area (Å²) in [7, 11) is 0. The van der Waals surface area contributed by atoms with Crippen LogP contribution < -0.4 is 16.0 Å². The largest absolute Gasteiger partial charge is 0.374 e. The highest BCUT2D eigenvalue weighted by Crippen LogP contribution is 2.29. The smallest absolute Gasteiger partial charge is 0.154 e. The molecule has 0 aliphatic carbocycles. The van der Waals surface area contributed by atoms with E-state index in [0.717, 1.165) is 60.9 Å². The number of hydrogen-bond donors (Lipinski definition) is 3. The maximum Gasteiger partial charge on any atom is 0.154 e. The molecule has 0 saturated carbocycles. The molecule has 5 rings (SSSR count). The second-order valence-corrected chi connectivity index (χ2v) is 8.00. The van der Waals surface area contributed by atoms with Crippen molar-refractivity contribution < 1.29 is 4.74 Å². The Hall–Kier alpha value is -2.61. The van der Waals surface area contributed by atoms with Gasteiger partial charge >= 0.3 is 0 Å². The first-order valence-electron chi connectivity index (χ1n) is 10.9. The minimum absolute atomic E-state index is 0.125. The molecule has 2 fully saturated rings. The van der Waals surface area contributed by atoms with E-state index >= 15 is 0 Å². The molecule has 156 valence electrons. The third-order valence-corrected chi connectivity index (χ3v) is 5.98. The highest BCUT2D eigenvalue weighted by molar-refractivity contribution is 5.88. The summed E-state index contributed by atoms with van der Waals surface area (Å²) in [6, 6.07) is 10.9. The van der Waals surface area contributed by atoms with Crippen molar-refractivity contribution in [3.63, 3.8) is 0 Å². The Balaban J connectivity index is 1.41. The first kappa shape index (κ1) is 19.4. The molecule has 0 spiro atoms. The van der Waals surface area contributed by atoms with E-state index in [-0.39, 0.29) is 6.10 Å². The number of rotatable bonds is 5. The van der Waals surface area contributed by atoms with E-state index in [9.17, 15) is 0 Å². The number of morpholine rings is 1. The average Bonchev–Trinajstić information content (AvgIpc) is 2.84. The van der Waals surface area contributed by atoms with E-state index in [1.165, 1.54) is 18.4 Å². The average molecular weight is 405 g/mol. The van der Waals surface area contributed by atoms with Gasteiger partial charge in [-0.2, -0.15) is 0 Å². The van der Waals surface area contributed by atoms with E-state index in [0.29, 0.717) is 12.5 Å². The quantitative estimate of drug-likeness (QED) is 0.603. The van der Waals surface area contributed by atoms with Crippen LogP contribution in [0.2, 0.25) is 0 Å². The lowest BCUT2D eigenvalue weighted by atomic mass is 9.89.